The van der Waals surface area contributed by atoms with Crippen LogP contribution in [-0.2, 0) is 4.74 Å². The minimum absolute atomic E-state index is 0.0475. The maximum absolute atomic E-state index is 11.4. The van der Waals surface area contributed by atoms with Gasteiger partial charge in [0.2, 0.25) is 0 Å². The van der Waals surface area contributed by atoms with E-state index in [1.165, 1.54) is 13.2 Å². The fourth-order valence-corrected chi connectivity index (χ4v) is 1.56. The van der Waals surface area contributed by atoms with Gasteiger partial charge in [-0.05, 0) is 18.2 Å². The van der Waals surface area contributed by atoms with Crippen molar-refractivity contribution in [3.8, 4) is 0 Å². The number of rotatable bonds is 2. The lowest BCUT2D eigenvalue weighted by Crippen LogP contribution is -2.00. The number of fused-ring (bicyclic) bond motifs is 1. The normalized spacial score (nSPS) is 10.3. The fraction of sp³-hybridized carbons (Fsp3) is 0.0909. The first-order valence-corrected chi connectivity index (χ1v) is 4.57. The predicted molar refractivity (Wildman–Crippen MR) is 56.6 cm³/mol. The number of carboxylic acids is 1. The molecule has 0 amide bonds. The van der Waals surface area contributed by atoms with Gasteiger partial charge in [-0.25, -0.2) is 9.59 Å². The van der Waals surface area contributed by atoms with Crippen LogP contribution >= 0.6 is 0 Å². The summed E-state index contributed by atoms with van der Waals surface area (Å²) in [6.45, 7) is 0. The van der Waals surface area contributed by atoms with Gasteiger partial charge in [-0.3, -0.25) is 0 Å². The van der Waals surface area contributed by atoms with Crippen LogP contribution in [0.5, 0.6) is 0 Å². The fourth-order valence-electron chi connectivity index (χ4n) is 1.56. The Bertz CT molecular complexity index is 570. The minimum atomic E-state index is -1.06. The predicted octanol–water partition coefficient (Wildman–Crippen LogP) is 1.65. The molecule has 0 saturated heterocycles. The maximum atomic E-state index is 11.4. The van der Waals surface area contributed by atoms with E-state index in [4.69, 9.17) is 5.11 Å². The molecule has 0 fully saturated rings. The lowest BCUT2D eigenvalue weighted by Gasteiger charge is -1.99. The number of carboxylic acid groups (broad SMARTS) is 1. The number of esters is 1. The Balaban J connectivity index is 2.67. The number of benzene rings is 1. The lowest BCUT2D eigenvalue weighted by molar-refractivity contribution is 0.0601. The summed E-state index contributed by atoms with van der Waals surface area (Å²) < 4.78 is 4.61. The molecule has 0 unspecified atom stereocenters. The largest absolute Gasteiger partial charge is 0.477 e. The summed E-state index contributed by atoms with van der Waals surface area (Å²) in [6.07, 6.45) is 0. The van der Waals surface area contributed by atoms with E-state index >= 15 is 0 Å². The van der Waals surface area contributed by atoms with E-state index in [1.807, 2.05) is 0 Å². The first kappa shape index (κ1) is 10.2. The van der Waals surface area contributed by atoms with Crippen molar-refractivity contribution in [3.05, 3.63) is 35.5 Å². The Morgan fingerprint density at radius 2 is 2.12 bits per heavy atom. The molecule has 5 heteroatoms. The third-order valence-electron chi connectivity index (χ3n) is 2.30. The number of hydrogen-bond donors (Lipinski definition) is 2. The number of carbonyl (C=O) groups excluding carboxylic acids is 1. The molecular weight excluding hydrogens is 210 g/mol. The van der Waals surface area contributed by atoms with Crippen LogP contribution in [0.1, 0.15) is 20.8 Å². The van der Waals surface area contributed by atoms with Crippen LogP contribution in [0.15, 0.2) is 24.3 Å². The molecule has 5 nitrogen and oxygen atoms in total. The minimum Gasteiger partial charge on any atom is -0.477 e. The molecule has 0 atom stereocenters. The zero-order valence-electron chi connectivity index (χ0n) is 8.48. The number of aromatic amines is 1. The molecule has 82 valence electrons. The number of aromatic carboxylic acids is 1. The van der Waals surface area contributed by atoms with E-state index in [0.29, 0.717) is 16.5 Å². The molecule has 0 aliphatic rings. The number of hydrogen-bond acceptors (Lipinski definition) is 3. The van der Waals surface area contributed by atoms with Crippen molar-refractivity contribution in [3.63, 3.8) is 0 Å². The second-order valence-corrected chi connectivity index (χ2v) is 3.25. The molecule has 1 aromatic heterocycles. The van der Waals surface area contributed by atoms with Gasteiger partial charge in [0.25, 0.3) is 0 Å². The van der Waals surface area contributed by atoms with Crippen LogP contribution < -0.4 is 0 Å². The van der Waals surface area contributed by atoms with Gasteiger partial charge < -0.3 is 14.8 Å². The summed E-state index contributed by atoms with van der Waals surface area (Å²) in [5, 5.41) is 9.37. The summed E-state index contributed by atoms with van der Waals surface area (Å²) >= 11 is 0. The monoisotopic (exact) mass is 219 g/mol. The van der Waals surface area contributed by atoms with E-state index < -0.39 is 11.9 Å². The first-order chi connectivity index (χ1) is 7.63. The molecule has 2 rings (SSSR count). The highest BCUT2D eigenvalue weighted by atomic mass is 16.5. The Morgan fingerprint density at radius 3 is 2.75 bits per heavy atom. The smallest absolute Gasteiger partial charge is 0.352 e. The van der Waals surface area contributed by atoms with Crippen LogP contribution in [0.3, 0.4) is 0 Å². The van der Waals surface area contributed by atoms with Gasteiger partial charge in [0, 0.05) is 10.9 Å². The van der Waals surface area contributed by atoms with Gasteiger partial charge in [0.1, 0.15) is 5.69 Å². The van der Waals surface area contributed by atoms with Crippen molar-refractivity contribution in [2.75, 3.05) is 7.11 Å². The van der Waals surface area contributed by atoms with E-state index in [2.05, 4.69) is 9.72 Å². The molecule has 16 heavy (non-hydrogen) atoms. The van der Waals surface area contributed by atoms with E-state index in [9.17, 15) is 9.59 Å². The summed E-state index contributed by atoms with van der Waals surface area (Å²) in [4.78, 5) is 24.9. The Hall–Kier alpha value is -2.30. The van der Waals surface area contributed by atoms with Gasteiger partial charge in [-0.15, -0.1) is 0 Å². The molecule has 1 heterocycles. The maximum Gasteiger partial charge on any atom is 0.352 e. The number of carbonyl (C=O) groups is 2. The molecule has 0 aliphatic carbocycles. The molecule has 0 spiro atoms. The van der Waals surface area contributed by atoms with Crippen molar-refractivity contribution in [2.45, 2.75) is 0 Å². The zero-order valence-corrected chi connectivity index (χ0v) is 8.48. The van der Waals surface area contributed by atoms with Crippen molar-refractivity contribution in [1.29, 1.82) is 0 Å². The molecule has 2 aromatic rings. The van der Waals surface area contributed by atoms with Gasteiger partial charge in [0.05, 0.1) is 12.7 Å². The summed E-state index contributed by atoms with van der Waals surface area (Å²) in [6, 6.07) is 6.38. The average molecular weight is 219 g/mol. The lowest BCUT2D eigenvalue weighted by atomic mass is 10.1. The van der Waals surface area contributed by atoms with Crippen molar-refractivity contribution < 1.29 is 19.4 Å². The molecule has 0 bridgehead atoms. The van der Waals surface area contributed by atoms with Crippen LogP contribution in [0.2, 0.25) is 0 Å². The summed E-state index contributed by atoms with van der Waals surface area (Å²) in [5.41, 5.74) is 0.996. The van der Waals surface area contributed by atoms with Crippen LogP contribution in [0.25, 0.3) is 10.9 Å². The molecule has 0 radical (unpaired) electrons. The molecule has 0 aliphatic heterocycles. The third-order valence-corrected chi connectivity index (χ3v) is 2.30. The molecule has 0 saturated carbocycles. The number of methoxy groups -OCH3 is 1. The number of H-pyrrole nitrogens is 1. The van der Waals surface area contributed by atoms with E-state index in [0.717, 1.165) is 0 Å². The van der Waals surface area contributed by atoms with Gasteiger partial charge >= 0.3 is 11.9 Å². The second-order valence-electron chi connectivity index (χ2n) is 3.25. The standard InChI is InChI=1S/C11H9NO4/c1-16-11(15)6-3-2-4-8-7(6)5-9(12-8)10(13)14/h2-5,12H,1H3,(H,13,14). The zero-order chi connectivity index (χ0) is 11.7. The van der Waals surface area contributed by atoms with Crippen molar-refractivity contribution >= 4 is 22.8 Å². The molecular formula is C11H9NO4. The summed E-state index contributed by atoms with van der Waals surface area (Å²) in [5.74, 6) is -1.55. The third kappa shape index (κ3) is 1.52. The quantitative estimate of drug-likeness (QED) is 0.752. The highest BCUT2D eigenvalue weighted by molar-refractivity contribution is 6.06. The van der Waals surface area contributed by atoms with E-state index in [1.54, 1.807) is 18.2 Å². The molecule has 1 aromatic carbocycles. The van der Waals surface area contributed by atoms with Gasteiger partial charge in [-0.2, -0.15) is 0 Å². The van der Waals surface area contributed by atoms with Gasteiger partial charge in [-0.1, -0.05) is 6.07 Å². The van der Waals surface area contributed by atoms with Gasteiger partial charge in [0.15, 0.2) is 0 Å². The van der Waals surface area contributed by atoms with Crippen LogP contribution in [0.4, 0.5) is 0 Å². The second kappa shape index (κ2) is 3.69. The average Bonchev–Trinajstić information content (AvgIpc) is 2.71. The van der Waals surface area contributed by atoms with Crippen LogP contribution in [0, 0.1) is 0 Å². The number of aromatic nitrogens is 1. The van der Waals surface area contributed by atoms with E-state index in [-0.39, 0.29) is 5.69 Å². The Morgan fingerprint density at radius 1 is 1.38 bits per heavy atom. The van der Waals surface area contributed by atoms with Crippen LogP contribution in [-0.4, -0.2) is 29.1 Å². The first-order valence-electron chi connectivity index (χ1n) is 4.57. The van der Waals surface area contributed by atoms with Crippen molar-refractivity contribution in [1.82, 2.24) is 4.98 Å². The SMILES string of the molecule is COC(=O)c1cccc2[nH]c(C(=O)O)cc12. The highest BCUT2D eigenvalue weighted by Crippen LogP contribution is 2.20. The Labute approximate surface area is 90.6 Å². The van der Waals surface area contributed by atoms with Crippen molar-refractivity contribution in [2.24, 2.45) is 0 Å². The number of ether oxygens (including phenoxy) is 1. The summed E-state index contributed by atoms with van der Waals surface area (Å²) in [7, 11) is 1.28. The highest BCUT2D eigenvalue weighted by Gasteiger charge is 2.14. The topological polar surface area (TPSA) is 79.4 Å². The Kier molecular flexibility index (Phi) is 2.36. The molecule has 2 N–H and O–H groups in total. The number of nitrogens with one attached hydrogen (secondary N) is 1.